The summed E-state index contributed by atoms with van der Waals surface area (Å²) in [5, 5.41) is 0. The molecule has 0 aliphatic heterocycles. The van der Waals surface area contributed by atoms with Crippen LogP contribution < -0.4 is 0 Å². The number of hydrogen-bond donors (Lipinski definition) is 0. The van der Waals surface area contributed by atoms with Gasteiger partial charge in [-0.05, 0) is 13.1 Å². The zero-order chi connectivity index (χ0) is 7.28. The molecule has 0 bridgehead atoms. The first-order valence-corrected chi connectivity index (χ1v) is 5.43. The summed E-state index contributed by atoms with van der Waals surface area (Å²) in [6.07, 6.45) is 0.408. The Bertz CT molecular complexity index is 111. The second kappa shape index (κ2) is 4.14. The molecule has 0 unspecified atom stereocenters. The maximum Gasteiger partial charge on any atom is 0.499 e. The Hall–Kier alpha value is -0.773. The van der Waals surface area contributed by atoms with Crippen molar-refractivity contribution >= 4 is 15.2 Å². The Morgan fingerprint density at radius 1 is 1.67 bits per heavy atom. The lowest BCUT2D eigenvalue weighted by Gasteiger charge is -2.03. The van der Waals surface area contributed by atoms with E-state index >= 15 is 0 Å². The molecule has 52 valence electrons. The summed E-state index contributed by atoms with van der Waals surface area (Å²) >= 11 is 0. The molecule has 0 aromatic rings. The third kappa shape index (κ3) is 5.09. The molecule has 0 amide bonds. The van der Waals surface area contributed by atoms with Crippen LogP contribution in [0.3, 0.4) is 0 Å². The summed E-state index contributed by atoms with van der Waals surface area (Å²) in [5.41, 5.74) is 0. The first-order valence-electron chi connectivity index (χ1n) is 2.65. The van der Waals surface area contributed by atoms with Gasteiger partial charge in [0.1, 0.15) is 0 Å². The molecule has 0 aromatic carbocycles. The number of rotatable bonds is 2. The van der Waals surface area contributed by atoms with Crippen molar-refractivity contribution in [3.8, 4) is 0 Å². The molecule has 0 spiro atoms. The fourth-order valence-electron chi connectivity index (χ4n) is 0.288. The largest absolute Gasteiger partial charge is 0.499 e. The predicted molar refractivity (Wildman–Crippen MR) is 36.6 cm³/mol. The molecule has 0 saturated heterocycles. The first kappa shape index (κ1) is 8.23. The lowest BCUT2D eigenvalue weighted by atomic mass is 11.1. The molecule has 0 N–H and O–H groups in total. The smallest absolute Gasteiger partial charge is 0.492 e. The molecule has 0 saturated carbocycles. The van der Waals surface area contributed by atoms with Gasteiger partial charge < -0.3 is 9.16 Å². The fourth-order valence-corrected chi connectivity index (χ4v) is 0.729. The van der Waals surface area contributed by atoms with Crippen LogP contribution >= 0.6 is 0 Å². The molecule has 4 heteroatoms. The van der Waals surface area contributed by atoms with E-state index in [1.807, 2.05) is 13.1 Å². The zero-order valence-electron chi connectivity index (χ0n) is 5.59. The van der Waals surface area contributed by atoms with Crippen LogP contribution in [0.5, 0.6) is 0 Å². The van der Waals surface area contributed by atoms with Crippen LogP contribution in [0.15, 0.2) is 12.8 Å². The number of carbonyl (C=O) groups excluding carboxylic acids is 1. The van der Waals surface area contributed by atoms with Gasteiger partial charge >= 0.3 is 6.16 Å². The van der Waals surface area contributed by atoms with Crippen molar-refractivity contribution in [1.29, 1.82) is 0 Å². The van der Waals surface area contributed by atoms with E-state index in [1.54, 1.807) is 0 Å². The first-order chi connectivity index (χ1) is 4.16. The number of hydrogen-bond acceptors (Lipinski definition) is 3. The van der Waals surface area contributed by atoms with Gasteiger partial charge in [0.05, 0.1) is 6.26 Å². The average molecular weight is 146 g/mol. The topological polar surface area (TPSA) is 35.5 Å². The third-order valence-electron chi connectivity index (χ3n) is 0.511. The second-order valence-corrected chi connectivity index (χ2v) is 4.03. The molecule has 0 aromatic heterocycles. The number of carbonyl (C=O) groups is 1. The van der Waals surface area contributed by atoms with Crippen LogP contribution in [-0.2, 0) is 9.16 Å². The summed E-state index contributed by atoms with van der Waals surface area (Å²) in [4.78, 5) is 10.4. The van der Waals surface area contributed by atoms with Gasteiger partial charge in [0.2, 0.25) is 9.04 Å². The van der Waals surface area contributed by atoms with E-state index in [2.05, 4.69) is 11.3 Å². The van der Waals surface area contributed by atoms with Gasteiger partial charge in [-0.1, -0.05) is 6.58 Å². The molecule has 0 aliphatic carbocycles. The molecule has 0 radical (unpaired) electrons. The molecule has 0 rings (SSSR count). The SMILES string of the molecule is C=COC(=O)O[SiH](C)C. The van der Waals surface area contributed by atoms with Crippen molar-refractivity contribution in [2.75, 3.05) is 0 Å². The minimum absolute atomic E-state index is 0.647. The summed E-state index contributed by atoms with van der Waals surface area (Å²) in [5.74, 6) is 0. The molecule has 0 fully saturated rings. The summed E-state index contributed by atoms with van der Waals surface area (Å²) < 4.78 is 8.99. The van der Waals surface area contributed by atoms with Crippen LogP contribution in [-0.4, -0.2) is 15.2 Å². The summed E-state index contributed by atoms with van der Waals surface area (Å²) in [7, 11) is -1.28. The standard InChI is InChI=1S/C5H10O3Si/c1-4-7-5(6)8-9(2)3/h4,9H,1H2,2-3H3. The van der Waals surface area contributed by atoms with E-state index < -0.39 is 15.2 Å². The van der Waals surface area contributed by atoms with Gasteiger partial charge in [-0.15, -0.1) is 0 Å². The van der Waals surface area contributed by atoms with Crippen LogP contribution in [0.25, 0.3) is 0 Å². The predicted octanol–water partition coefficient (Wildman–Crippen LogP) is 1.27. The van der Waals surface area contributed by atoms with E-state index in [4.69, 9.17) is 4.43 Å². The van der Waals surface area contributed by atoms with E-state index in [1.165, 1.54) is 0 Å². The van der Waals surface area contributed by atoms with Gasteiger partial charge in [-0.2, -0.15) is 0 Å². The van der Waals surface area contributed by atoms with Gasteiger partial charge in [0.15, 0.2) is 0 Å². The summed E-state index contributed by atoms with van der Waals surface area (Å²) in [6.45, 7) is 6.96. The highest BCUT2D eigenvalue weighted by molar-refractivity contribution is 6.50. The lowest BCUT2D eigenvalue weighted by molar-refractivity contribution is 0.136. The molecular weight excluding hydrogens is 136 g/mol. The van der Waals surface area contributed by atoms with Crippen molar-refractivity contribution in [1.82, 2.24) is 0 Å². The zero-order valence-corrected chi connectivity index (χ0v) is 6.74. The molecule has 0 heterocycles. The Balaban J connectivity index is 3.38. The molecule has 0 atom stereocenters. The van der Waals surface area contributed by atoms with E-state index in [9.17, 15) is 4.79 Å². The number of ether oxygens (including phenoxy) is 1. The quantitative estimate of drug-likeness (QED) is 0.334. The highest BCUT2D eigenvalue weighted by atomic mass is 28.3. The van der Waals surface area contributed by atoms with Gasteiger partial charge in [-0.25, -0.2) is 4.79 Å². The molecule has 0 aliphatic rings. The molecular formula is C5H10O3Si. The van der Waals surface area contributed by atoms with Gasteiger partial charge in [0, 0.05) is 0 Å². The maximum atomic E-state index is 10.4. The van der Waals surface area contributed by atoms with Crippen LogP contribution in [0.1, 0.15) is 0 Å². The van der Waals surface area contributed by atoms with Gasteiger partial charge in [0.25, 0.3) is 0 Å². The Kier molecular flexibility index (Phi) is 3.78. The maximum absolute atomic E-state index is 10.4. The van der Waals surface area contributed by atoms with E-state index in [0.29, 0.717) is 0 Å². The third-order valence-corrected chi connectivity index (χ3v) is 1.18. The molecule has 3 nitrogen and oxygen atoms in total. The Morgan fingerprint density at radius 3 is 2.56 bits per heavy atom. The van der Waals surface area contributed by atoms with Gasteiger partial charge in [-0.3, -0.25) is 0 Å². The van der Waals surface area contributed by atoms with Crippen molar-refractivity contribution < 1.29 is 14.0 Å². The summed E-state index contributed by atoms with van der Waals surface area (Å²) in [6, 6.07) is 0. The average Bonchev–Trinajstić information content (AvgIpc) is 1.63. The highest BCUT2D eigenvalue weighted by Gasteiger charge is 2.03. The lowest BCUT2D eigenvalue weighted by Crippen LogP contribution is -2.14. The van der Waals surface area contributed by atoms with Crippen molar-refractivity contribution in [2.45, 2.75) is 13.1 Å². The van der Waals surface area contributed by atoms with Crippen molar-refractivity contribution in [2.24, 2.45) is 0 Å². The minimum Gasteiger partial charge on any atom is -0.492 e. The van der Waals surface area contributed by atoms with E-state index in [0.717, 1.165) is 6.26 Å². The second-order valence-electron chi connectivity index (χ2n) is 1.70. The minimum atomic E-state index is -1.28. The normalized spacial score (nSPS) is 8.78. The Labute approximate surface area is 56.0 Å². The fraction of sp³-hybridized carbons (Fsp3) is 0.400. The molecule has 9 heavy (non-hydrogen) atoms. The van der Waals surface area contributed by atoms with E-state index in [-0.39, 0.29) is 0 Å². The van der Waals surface area contributed by atoms with Crippen molar-refractivity contribution in [3.63, 3.8) is 0 Å². The van der Waals surface area contributed by atoms with Crippen molar-refractivity contribution in [3.05, 3.63) is 12.8 Å². The Morgan fingerprint density at radius 2 is 2.22 bits per heavy atom. The van der Waals surface area contributed by atoms with Crippen LogP contribution in [0, 0.1) is 0 Å². The highest BCUT2D eigenvalue weighted by Crippen LogP contribution is 1.88. The monoisotopic (exact) mass is 146 g/mol. The van der Waals surface area contributed by atoms with Crippen LogP contribution in [0.4, 0.5) is 4.79 Å². The van der Waals surface area contributed by atoms with Crippen LogP contribution in [0.2, 0.25) is 13.1 Å².